The van der Waals surface area contributed by atoms with Crippen LogP contribution in [0.4, 0.5) is 0 Å². The standard InChI is InChI=1S/4C9H19.C5H12O.CH2O.3CH4.U/c4*1-8(2)6-5-7-9(3)4;1-3-4-5-6-2;1-2;;;;/h4*5,8-9H,6-7H2,1-4H3;3-5H2,1-2H3;1H2;3*1H4;/q4*-1;;;;;;+4. The molecular weight excluding hydrogens is 811 g/mol. The van der Waals surface area contributed by atoms with E-state index in [2.05, 4.69) is 143 Å². The van der Waals surface area contributed by atoms with Crippen LogP contribution in [0.25, 0.3) is 0 Å². The van der Waals surface area contributed by atoms with Crippen LogP contribution in [0.15, 0.2) is 0 Å². The third kappa shape index (κ3) is 127. The first-order valence-corrected chi connectivity index (χ1v) is 18.5. The molecule has 0 heterocycles. The number of hydrogen-bond acceptors (Lipinski definition) is 2. The number of ether oxygens (including phenoxy) is 1. The van der Waals surface area contributed by atoms with E-state index in [9.17, 15) is 0 Å². The number of carbonyl (C=O) groups excluding carboxylic acids is 1. The molecule has 0 saturated heterocycles. The van der Waals surface area contributed by atoms with E-state index in [0.717, 1.165) is 54.0 Å². The van der Waals surface area contributed by atoms with E-state index < -0.39 is 0 Å². The molecule has 0 aromatic carbocycles. The molecule has 0 amide bonds. The normalized spacial score (nSPS) is 9.71. The van der Waals surface area contributed by atoms with Gasteiger partial charge in [-0.25, -0.2) is 0 Å². The summed E-state index contributed by atoms with van der Waals surface area (Å²) in [6.07, 6.45) is 22.2. The molecule has 0 spiro atoms. The average molecular weight is 913 g/mol. The Morgan fingerprint density at radius 3 is 0.625 bits per heavy atom. The Balaban J connectivity index is -0.0000000457. The summed E-state index contributed by atoms with van der Waals surface area (Å²) in [6, 6.07) is 0. The predicted octanol–water partition coefficient (Wildman–Crippen LogP) is 16.3. The molecule has 0 aromatic heterocycles. The van der Waals surface area contributed by atoms with Gasteiger partial charge in [0.25, 0.3) is 0 Å². The molecule has 0 bridgehead atoms. The maximum Gasteiger partial charge on any atom is 4.00 e. The van der Waals surface area contributed by atoms with E-state index >= 15 is 0 Å². The van der Waals surface area contributed by atoms with Crippen LogP contribution < -0.4 is 0 Å². The van der Waals surface area contributed by atoms with Crippen molar-refractivity contribution in [2.75, 3.05) is 13.7 Å². The molecule has 0 atom stereocenters. The van der Waals surface area contributed by atoms with Gasteiger partial charge in [-0.2, -0.15) is 51.4 Å². The molecule has 0 N–H and O–H groups in total. The van der Waals surface area contributed by atoms with Gasteiger partial charge in [0.05, 0.1) is 0 Å². The SMILES string of the molecule is C.C.C.C=O.CC(C)C[CH-]CC(C)C.CC(C)C[CH-]CC(C)C.CC(C)C[CH-]CC(C)C.CC(C)C[CH-]CC(C)C.CCCCOC.[U+4]. The van der Waals surface area contributed by atoms with Crippen molar-refractivity contribution in [1.82, 2.24) is 0 Å². The molecule has 0 rings (SSSR count). The van der Waals surface area contributed by atoms with Gasteiger partial charge in [-0.1, -0.05) is 194 Å². The van der Waals surface area contributed by atoms with Gasteiger partial charge in [-0.15, -0.1) is 0 Å². The fraction of sp³-hybridized carbons (Fsp3) is 0.889. The predicted molar refractivity (Wildman–Crippen MR) is 227 cm³/mol. The Hall–Kier alpha value is 0.682. The van der Waals surface area contributed by atoms with Crippen LogP contribution >= 0.6 is 0 Å². The van der Waals surface area contributed by atoms with Crippen molar-refractivity contribution >= 4 is 6.79 Å². The Labute approximate surface area is 336 Å². The van der Waals surface area contributed by atoms with Gasteiger partial charge >= 0.3 is 31.1 Å². The fourth-order valence-corrected chi connectivity index (χ4v) is 3.34. The zero-order valence-electron chi connectivity index (χ0n) is 34.7. The summed E-state index contributed by atoms with van der Waals surface area (Å²) in [6.45, 7) is 41.2. The van der Waals surface area contributed by atoms with Gasteiger partial charge in [-0.3, -0.25) is 0 Å². The number of hydrogen-bond donors (Lipinski definition) is 0. The number of rotatable bonds is 19. The second-order valence-electron chi connectivity index (χ2n) is 15.5. The second kappa shape index (κ2) is 62.8. The van der Waals surface area contributed by atoms with E-state index in [1.54, 1.807) is 7.11 Å². The minimum atomic E-state index is 0. The average Bonchev–Trinajstić information content (AvgIpc) is 2.88. The molecule has 3 heteroatoms. The zero-order valence-corrected chi connectivity index (χ0v) is 38.9. The molecule has 0 radical (unpaired) electrons. The smallest absolute Gasteiger partial charge is 0.385 e. The first-order chi connectivity index (χ1) is 20.4. The van der Waals surface area contributed by atoms with Gasteiger partial charge in [0.15, 0.2) is 0 Å². The molecule has 0 aliphatic rings. The van der Waals surface area contributed by atoms with E-state index in [1.165, 1.54) is 64.2 Å². The summed E-state index contributed by atoms with van der Waals surface area (Å²) in [4.78, 5) is 8.00. The third-order valence-electron chi connectivity index (χ3n) is 5.81. The van der Waals surface area contributed by atoms with Crippen molar-refractivity contribution in [1.29, 1.82) is 0 Å². The van der Waals surface area contributed by atoms with Gasteiger partial charge < -0.3 is 35.2 Å². The molecule has 2 nitrogen and oxygen atoms in total. The van der Waals surface area contributed by atoms with Crippen molar-refractivity contribution in [3.05, 3.63) is 25.7 Å². The topological polar surface area (TPSA) is 26.3 Å². The molecule has 0 aliphatic heterocycles. The van der Waals surface area contributed by atoms with Crippen LogP contribution in [0.1, 0.15) is 204 Å². The number of methoxy groups -OCH3 is 1. The van der Waals surface area contributed by atoms with Crippen molar-refractivity contribution in [2.45, 2.75) is 204 Å². The third-order valence-corrected chi connectivity index (χ3v) is 5.81. The largest absolute Gasteiger partial charge is 4.00 e. The quantitative estimate of drug-likeness (QED) is 0.0953. The molecule has 0 aromatic rings. The maximum atomic E-state index is 8.00. The van der Waals surface area contributed by atoms with E-state index in [0.29, 0.717) is 0 Å². The molecule has 0 aliphatic carbocycles. The summed E-state index contributed by atoms with van der Waals surface area (Å²) in [5.74, 6) is 6.69. The van der Waals surface area contributed by atoms with Crippen LogP contribution in [0.5, 0.6) is 0 Å². The zero-order chi connectivity index (χ0) is 35.9. The minimum absolute atomic E-state index is 0. The monoisotopic (exact) mass is 913 g/mol. The summed E-state index contributed by atoms with van der Waals surface area (Å²) >= 11 is 0. The van der Waals surface area contributed by atoms with Crippen LogP contribution in [-0.2, 0) is 9.53 Å². The molecule has 298 valence electrons. The Bertz CT molecular complexity index is 334. The van der Waals surface area contributed by atoms with Crippen molar-refractivity contribution in [3.8, 4) is 0 Å². The van der Waals surface area contributed by atoms with E-state index in [4.69, 9.17) is 9.53 Å². The van der Waals surface area contributed by atoms with Crippen LogP contribution in [0.2, 0.25) is 0 Å². The molecule has 48 heavy (non-hydrogen) atoms. The summed E-state index contributed by atoms with van der Waals surface area (Å²) < 4.78 is 4.78. The first-order valence-electron chi connectivity index (χ1n) is 18.5. The molecule has 0 unspecified atom stereocenters. The molecule has 0 saturated carbocycles. The maximum absolute atomic E-state index is 8.00. The van der Waals surface area contributed by atoms with E-state index in [-0.39, 0.29) is 53.4 Å². The van der Waals surface area contributed by atoms with Crippen LogP contribution in [0, 0.1) is 104 Å². The molecular formula is C45H102O2U. The van der Waals surface area contributed by atoms with Gasteiger partial charge in [0.2, 0.25) is 0 Å². The summed E-state index contributed by atoms with van der Waals surface area (Å²) in [5.41, 5.74) is 0. The Morgan fingerprint density at radius 1 is 0.417 bits per heavy atom. The van der Waals surface area contributed by atoms with Gasteiger partial charge in [-0.05, 0) is 6.42 Å². The number of carbonyl (C=O) groups is 1. The Kier molecular flexibility index (Phi) is 96.8. The van der Waals surface area contributed by atoms with Crippen molar-refractivity contribution < 1.29 is 40.6 Å². The first kappa shape index (κ1) is 74.0. The van der Waals surface area contributed by atoms with Crippen LogP contribution in [-0.4, -0.2) is 20.5 Å². The second-order valence-corrected chi connectivity index (χ2v) is 15.5. The van der Waals surface area contributed by atoms with Crippen molar-refractivity contribution in [3.63, 3.8) is 0 Å². The van der Waals surface area contributed by atoms with Gasteiger partial charge in [0, 0.05) is 13.7 Å². The summed E-state index contributed by atoms with van der Waals surface area (Å²) in [7, 11) is 1.73. The minimum Gasteiger partial charge on any atom is -0.385 e. The number of unbranched alkanes of at least 4 members (excludes halogenated alkanes) is 1. The van der Waals surface area contributed by atoms with Crippen molar-refractivity contribution in [2.24, 2.45) is 47.3 Å². The summed E-state index contributed by atoms with van der Waals surface area (Å²) in [5, 5.41) is 0. The van der Waals surface area contributed by atoms with Gasteiger partial charge in [0.1, 0.15) is 6.79 Å². The fourth-order valence-electron chi connectivity index (χ4n) is 3.34. The van der Waals surface area contributed by atoms with Crippen LogP contribution in [0.3, 0.4) is 0 Å². The van der Waals surface area contributed by atoms with E-state index in [1.807, 2.05) is 6.79 Å². The Morgan fingerprint density at radius 2 is 0.562 bits per heavy atom. The molecule has 0 fully saturated rings.